The van der Waals surface area contributed by atoms with E-state index in [2.05, 4.69) is 15.0 Å². The number of H-pyrrole nitrogens is 1. The molecule has 1 aromatic carbocycles. The van der Waals surface area contributed by atoms with Gasteiger partial charge in [0.2, 0.25) is 0 Å². The van der Waals surface area contributed by atoms with Gasteiger partial charge in [0.15, 0.2) is 10.3 Å². The molecule has 4 aromatic rings. The molecule has 16 nitrogen and oxygen atoms in total. The number of aromatic amines is 1. The summed E-state index contributed by atoms with van der Waals surface area (Å²) in [6.07, 6.45) is 5.71. The first kappa shape index (κ1) is 37.5. The maximum Gasteiger partial charge on any atom is 2.00 e. The minimum atomic E-state index is -6.27. The van der Waals surface area contributed by atoms with Crippen molar-refractivity contribution in [3.8, 4) is 11.1 Å². The number of hydrogen-bond donors (Lipinski definition) is 1. The summed E-state index contributed by atoms with van der Waals surface area (Å²) < 4.78 is 153. The van der Waals surface area contributed by atoms with Crippen LogP contribution in [-0.4, -0.2) is 70.8 Å². The molecule has 0 spiro atoms. The van der Waals surface area contributed by atoms with Crippen LogP contribution < -0.4 is 0 Å². The first-order valence-corrected chi connectivity index (χ1v) is 18.0. The van der Waals surface area contributed by atoms with Gasteiger partial charge in [-0.05, 0) is 54.1 Å². The molecule has 5 heterocycles. The Balaban J connectivity index is 0.00000260. The van der Waals surface area contributed by atoms with E-state index in [1.54, 1.807) is 0 Å². The van der Waals surface area contributed by atoms with Gasteiger partial charge < -0.3 is 23.2 Å². The molecular formula is C26H14N4O12Ru2S4. The largest absolute Gasteiger partial charge is 2.00 e. The summed E-state index contributed by atoms with van der Waals surface area (Å²) in [6.45, 7) is 0. The summed E-state index contributed by atoms with van der Waals surface area (Å²) in [4.78, 5) is 5.63. The second kappa shape index (κ2) is 12.9. The Morgan fingerprint density at radius 3 is 1.58 bits per heavy atom. The Morgan fingerprint density at radius 1 is 0.604 bits per heavy atom. The molecular weight excluding hydrogens is 891 g/mol. The van der Waals surface area contributed by atoms with E-state index in [-0.39, 0.29) is 67.1 Å². The summed E-state index contributed by atoms with van der Waals surface area (Å²) in [5.41, 5.74) is -5.06. The van der Waals surface area contributed by atoms with E-state index in [0.29, 0.717) is 11.8 Å². The Hall–Kier alpha value is -3.29. The number of hydrogen-bond acceptors (Lipinski definition) is 14. The normalized spacial score (nSPS) is 13.2. The van der Waals surface area contributed by atoms with Crippen LogP contribution in [0.25, 0.3) is 57.5 Å². The Morgan fingerprint density at radius 2 is 1.10 bits per heavy atom. The van der Waals surface area contributed by atoms with Crippen LogP contribution in [0.5, 0.6) is 0 Å². The van der Waals surface area contributed by atoms with Gasteiger partial charge in [-0.15, -0.1) is 0 Å². The number of rotatable bonds is 5. The Bertz CT molecular complexity index is 2690. The molecule has 0 atom stereocenters. The number of nitrogens with one attached hydrogen (secondary N) is 1. The van der Waals surface area contributed by atoms with Crippen molar-refractivity contribution >= 4 is 87.0 Å². The topological polar surface area (TPSA) is 275 Å². The van der Waals surface area contributed by atoms with Gasteiger partial charge in [0.25, 0.3) is 0 Å². The van der Waals surface area contributed by atoms with Crippen molar-refractivity contribution in [2.45, 2.75) is 14.7 Å². The first-order valence-electron chi connectivity index (χ1n) is 12.4. The summed E-state index contributed by atoms with van der Waals surface area (Å²) in [6, 6.07) is 10.5. The van der Waals surface area contributed by atoms with E-state index in [1.165, 1.54) is 60.7 Å². The molecule has 22 heteroatoms. The van der Waals surface area contributed by atoms with Gasteiger partial charge in [-0.1, -0.05) is 30.3 Å². The van der Waals surface area contributed by atoms with Crippen molar-refractivity contribution in [3.63, 3.8) is 0 Å². The third-order valence-corrected chi connectivity index (χ3v) is 10.2. The molecule has 0 amide bonds. The van der Waals surface area contributed by atoms with Gasteiger partial charge in [-0.2, -0.15) is 0 Å². The van der Waals surface area contributed by atoms with Crippen molar-refractivity contribution in [2.24, 2.45) is 0 Å². The fraction of sp³-hybridized carbons (Fsp3) is 0. The maximum atomic E-state index is 13.0. The molecule has 6 rings (SSSR count). The molecule has 0 saturated carbocycles. The molecule has 0 aliphatic carbocycles. The predicted molar refractivity (Wildman–Crippen MR) is 157 cm³/mol. The van der Waals surface area contributed by atoms with Crippen LogP contribution in [0.2, 0.25) is 0 Å². The molecule has 2 aliphatic heterocycles. The molecule has 0 fully saturated rings. The minimum absolute atomic E-state index is 0. The quantitative estimate of drug-likeness (QED) is 0.191. The average Bonchev–Trinajstić information content (AvgIpc) is 3.70. The van der Waals surface area contributed by atoms with Crippen LogP contribution in [0.15, 0.2) is 69.3 Å². The van der Waals surface area contributed by atoms with Gasteiger partial charge in [0.1, 0.15) is 35.2 Å². The summed E-state index contributed by atoms with van der Waals surface area (Å²) in [5, 5.41) is 0. The molecule has 0 saturated heterocycles. The SMILES string of the molecule is O=S(=O)([O-])c1cc2cc3nc(cc4nc(cc5c(-c6ccccc6)c(S(=O)(=O)[O-])c(c(S(=O)(=O)[O-])c1[nH]2)n5S(=O)(=O)[O-])C=C4)C=C3.[Ru+2].[Ru+2]. The zero-order valence-corrected chi connectivity index (χ0v) is 29.8. The van der Waals surface area contributed by atoms with Gasteiger partial charge in [-0.3, -0.25) is 0 Å². The maximum absolute atomic E-state index is 13.0. The summed E-state index contributed by atoms with van der Waals surface area (Å²) >= 11 is 0. The fourth-order valence-electron chi connectivity index (χ4n) is 5.06. The van der Waals surface area contributed by atoms with Gasteiger partial charge in [-0.25, -0.2) is 47.6 Å². The van der Waals surface area contributed by atoms with Crippen LogP contribution in [0.3, 0.4) is 0 Å². The van der Waals surface area contributed by atoms with E-state index in [1.807, 2.05) is 0 Å². The second-order valence-electron chi connectivity index (χ2n) is 9.70. The molecule has 3 aromatic heterocycles. The van der Waals surface area contributed by atoms with Crippen LogP contribution in [0, 0.1) is 0 Å². The molecule has 48 heavy (non-hydrogen) atoms. The van der Waals surface area contributed by atoms with Crippen LogP contribution in [0.1, 0.15) is 22.8 Å². The fourth-order valence-corrected chi connectivity index (χ4v) is 8.51. The molecule has 2 aliphatic rings. The van der Waals surface area contributed by atoms with Gasteiger partial charge in [0, 0.05) is 11.1 Å². The summed E-state index contributed by atoms with van der Waals surface area (Å²) in [5.74, 6) is 0. The molecule has 0 unspecified atom stereocenters. The smallest absolute Gasteiger partial charge is 0.744 e. The molecule has 8 bridgehead atoms. The number of benzene rings is 1. The standard InChI is InChI=1S/C26H18N4O12S4.2Ru/c31-43(32,33)21-13-19-11-17-7-6-15(27-17)10-16-8-9-18(28-16)12-20-22(14-4-2-1-3-5-14)25(44(34,35)36)24(30(20)46(40,41)42)26(23(21)29-19)45(37,38)39;;/h1-13,29H,(H,31,32,33)(H,34,35,36)(H,37,38,39)(H,40,41,42);;/q;2*+2/p-4. The van der Waals surface area contributed by atoms with Gasteiger partial charge in [0.05, 0.1) is 49.1 Å². The van der Waals surface area contributed by atoms with Crippen molar-refractivity contribution in [1.29, 1.82) is 0 Å². The second-order valence-corrected chi connectivity index (χ2v) is 14.9. The number of nitrogens with zero attached hydrogens (tertiary/aromatic N) is 3. The monoisotopic (exact) mass is 906 g/mol. The van der Waals surface area contributed by atoms with E-state index >= 15 is 0 Å². The number of fused-ring (bicyclic) bond motifs is 8. The molecule has 1 N–H and O–H groups in total. The first-order chi connectivity index (χ1) is 21.3. The van der Waals surface area contributed by atoms with Crippen LogP contribution in [-0.2, 0) is 79.6 Å². The van der Waals surface area contributed by atoms with Crippen LogP contribution in [0.4, 0.5) is 0 Å². The molecule has 250 valence electrons. The Labute approximate surface area is 297 Å². The van der Waals surface area contributed by atoms with E-state index < -0.39 is 81.4 Å². The third-order valence-electron chi connectivity index (χ3n) is 6.67. The van der Waals surface area contributed by atoms with Crippen molar-refractivity contribution < 1.29 is 90.8 Å². The van der Waals surface area contributed by atoms with Crippen molar-refractivity contribution in [1.82, 2.24) is 18.9 Å². The minimum Gasteiger partial charge on any atom is -0.744 e. The third kappa shape index (κ3) is 7.04. The van der Waals surface area contributed by atoms with E-state index in [4.69, 9.17) is 0 Å². The predicted octanol–water partition coefficient (Wildman–Crippen LogP) is 1.81. The van der Waals surface area contributed by atoms with E-state index in [9.17, 15) is 51.9 Å². The molecule has 0 radical (unpaired) electrons. The van der Waals surface area contributed by atoms with Crippen molar-refractivity contribution in [2.75, 3.05) is 0 Å². The van der Waals surface area contributed by atoms with E-state index in [0.717, 1.165) is 12.1 Å². The zero-order chi connectivity index (χ0) is 33.4. The summed E-state index contributed by atoms with van der Waals surface area (Å²) in [7, 11) is -24.2. The Kier molecular flexibility index (Phi) is 10.1. The van der Waals surface area contributed by atoms with Gasteiger partial charge >= 0.3 is 39.0 Å². The number of aromatic nitrogens is 4. The average molecular weight is 905 g/mol. The zero-order valence-electron chi connectivity index (χ0n) is 23.1. The van der Waals surface area contributed by atoms with Crippen molar-refractivity contribution in [3.05, 3.63) is 77.4 Å². The van der Waals surface area contributed by atoms with Crippen LogP contribution >= 0.6 is 0 Å².